The Balaban J connectivity index is 2.19. The van der Waals surface area contributed by atoms with Gasteiger partial charge in [-0.25, -0.2) is 10.2 Å². The van der Waals surface area contributed by atoms with E-state index in [2.05, 4.69) is 16.2 Å². The van der Waals surface area contributed by atoms with E-state index in [-0.39, 0.29) is 5.91 Å². The average Bonchev–Trinajstić information content (AvgIpc) is 2.47. The van der Waals surface area contributed by atoms with E-state index in [1.54, 1.807) is 0 Å². The highest BCUT2D eigenvalue weighted by atomic mass is 16.2. The molecule has 0 aliphatic carbocycles. The van der Waals surface area contributed by atoms with Crippen molar-refractivity contribution in [3.63, 3.8) is 0 Å². The van der Waals surface area contributed by atoms with Crippen LogP contribution in [0.2, 0.25) is 0 Å². The standard InChI is InChI=1S/C16H17N3O2/c1-11-7-9-13(10-8-11)14-5-3-4-6-15(14)17-16(21)19-18-12(2)20/h3-10H,1-2H3,(H,18,20)(H2,17,19,21). The molecule has 0 heterocycles. The number of hydrogen-bond acceptors (Lipinski definition) is 2. The molecule has 0 saturated carbocycles. The predicted molar refractivity (Wildman–Crippen MR) is 82.6 cm³/mol. The molecule has 2 aromatic carbocycles. The summed E-state index contributed by atoms with van der Waals surface area (Å²) in [5.41, 5.74) is 8.27. The minimum absolute atomic E-state index is 0.336. The van der Waals surface area contributed by atoms with Crippen LogP contribution in [0.1, 0.15) is 12.5 Å². The van der Waals surface area contributed by atoms with E-state index < -0.39 is 6.03 Å². The first-order chi connectivity index (χ1) is 10.1. The van der Waals surface area contributed by atoms with Crippen LogP contribution in [0, 0.1) is 6.92 Å². The highest BCUT2D eigenvalue weighted by Gasteiger charge is 2.08. The summed E-state index contributed by atoms with van der Waals surface area (Å²) in [5, 5.41) is 2.71. The van der Waals surface area contributed by atoms with Crippen molar-refractivity contribution in [2.24, 2.45) is 0 Å². The topological polar surface area (TPSA) is 70.2 Å². The number of hydrazine groups is 1. The van der Waals surface area contributed by atoms with E-state index in [1.807, 2.05) is 55.5 Å². The van der Waals surface area contributed by atoms with Gasteiger partial charge in [0.15, 0.2) is 0 Å². The summed E-state index contributed by atoms with van der Waals surface area (Å²) in [7, 11) is 0. The molecule has 21 heavy (non-hydrogen) atoms. The number of carbonyl (C=O) groups excluding carboxylic acids is 2. The van der Waals surface area contributed by atoms with Gasteiger partial charge in [0.25, 0.3) is 0 Å². The molecule has 0 aliphatic heterocycles. The molecule has 0 bridgehead atoms. The third-order valence-corrected chi connectivity index (χ3v) is 2.89. The van der Waals surface area contributed by atoms with E-state index in [0.29, 0.717) is 5.69 Å². The number of rotatable bonds is 2. The summed E-state index contributed by atoms with van der Waals surface area (Å²) in [6, 6.07) is 15.0. The third-order valence-electron chi connectivity index (χ3n) is 2.89. The normalized spacial score (nSPS) is 9.81. The number of amides is 3. The molecule has 0 aromatic heterocycles. The van der Waals surface area contributed by atoms with Gasteiger partial charge >= 0.3 is 6.03 Å². The number of benzene rings is 2. The number of aryl methyl sites for hydroxylation is 1. The van der Waals surface area contributed by atoms with Crippen LogP contribution in [-0.2, 0) is 4.79 Å². The fraction of sp³-hybridized carbons (Fsp3) is 0.125. The molecule has 0 fully saturated rings. The largest absolute Gasteiger partial charge is 0.337 e. The van der Waals surface area contributed by atoms with Crippen molar-refractivity contribution in [2.75, 3.05) is 5.32 Å². The first kappa shape index (κ1) is 14.6. The maximum absolute atomic E-state index is 11.7. The van der Waals surface area contributed by atoms with E-state index in [9.17, 15) is 9.59 Å². The molecule has 0 spiro atoms. The van der Waals surface area contributed by atoms with Gasteiger partial charge < -0.3 is 5.32 Å². The molecular weight excluding hydrogens is 266 g/mol. The van der Waals surface area contributed by atoms with Crippen LogP contribution in [0.4, 0.5) is 10.5 Å². The van der Waals surface area contributed by atoms with Crippen LogP contribution in [0.15, 0.2) is 48.5 Å². The van der Waals surface area contributed by atoms with Gasteiger partial charge in [-0.3, -0.25) is 10.2 Å². The molecule has 2 aromatic rings. The van der Waals surface area contributed by atoms with Crippen molar-refractivity contribution in [3.05, 3.63) is 54.1 Å². The monoisotopic (exact) mass is 283 g/mol. The Morgan fingerprint density at radius 3 is 2.24 bits per heavy atom. The Morgan fingerprint density at radius 2 is 1.57 bits per heavy atom. The summed E-state index contributed by atoms with van der Waals surface area (Å²) in [6.07, 6.45) is 0. The highest BCUT2D eigenvalue weighted by Crippen LogP contribution is 2.27. The molecule has 0 radical (unpaired) electrons. The summed E-state index contributed by atoms with van der Waals surface area (Å²) >= 11 is 0. The zero-order valence-electron chi connectivity index (χ0n) is 11.9. The van der Waals surface area contributed by atoms with Gasteiger partial charge in [0.1, 0.15) is 0 Å². The average molecular weight is 283 g/mol. The number of hydrogen-bond donors (Lipinski definition) is 3. The SMILES string of the molecule is CC(=O)NNC(=O)Nc1ccccc1-c1ccc(C)cc1. The van der Waals surface area contributed by atoms with Crippen LogP contribution in [0.25, 0.3) is 11.1 Å². The Kier molecular flexibility index (Phi) is 4.56. The van der Waals surface area contributed by atoms with E-state index in [0.717, 1.165) is 11.1 Å². The predicted octanol–water partition coefficient (Wildman–Crippen LogP) is 2.83. The van der Waals surface area contributed by atoms with Gasteiger partial charge in [-0.15, -0.1) is 0 Å². The lowest BCUT2D eigenvalue weighted by Gasteiger charge is -2.12. The molecule has 2 rings (SSSR count). The minimum Gasteiger partial charge on any atom is -0.306 e. The van der Waals surface area contributed by atoms with Gasteiger partial charge in [0, 0.05) is 12.5 Å². The molecule has 0 atom stereocenters. The first-order valence-corrected chi connectivity index (χ1v) is 6.56. The minimum atomic E-state index is -0.496. The summed E-state index contributed by atoms with van der Waals surface area (Å²) in [5.74, 6) is -0.336. The second-order valence-electron chi connectivity index (χ2n) is 4.67. The van der Waals surface area contributed by atoms with Crippen LogP contribution in [0.5, 0.6) is 0 Å². The molecular formula is C16H17N3O2. The van der Waals surface area contributed by atoms with Crippen molar-refractivity contribution >= 4 is 17.6 Å². The molecule has 3 amide bonds. The fourth-order valence-electron chi connectivity index (χ4n) is 1.88. The van der Waals surface area contributed by atoms with E-state index in [1.165, 1.54) is 12.5 Å². The molecule has 0 unspecified atom stereocenters. The number of para-hydroxylation sites is 1. The molecule has 0 saturated heterocycles. The summed E-state index contributed by atoms with van der Waals surface area (Å²) < 4.78 is 0. The van der Waals surface area contributed by atoms with Gasteiger partial charge in [-0.05, 0) is 18.6 Å². The van der Waals surface area contributed by atoms with Crippen LogP contribution >= 0.6 is 0 Å². The van der Waals surface area contributed by atoms with Crippen LogP contribution in [0.3, 0.4) is 0 Å². The maximum atomic E-state index is 11.7. The molecule has 108 valence electrons. The lowest BCUT2D eigenvalue weighted by Crippen LogP contribution is -2.42. The van der Waals surface area contributed by atoms with Crippen molar-refractivity contribution in [2.45, 2.75) is 13.8 Å². The van der Waals surface area contributed by atoms with E-state index in [4.69, 9.17) is 0 Å². The number of anilines is 1. The zero-order valence-corrected chi connectivity index (χ0v) is 11.9. The Labute approximate surface area is 123 Å². The van der Waals surface area contributed by atoms with E-state index >= 15 is 0 Å². The van der Waals surface area contributed by atoms with Gasteiger partial charge in [0.05, 0.1) is 5.69 Å². The second kappa shape index (κ2) is 6.56. The molecule has 3 N–H and O–H groups in total. The van der Waals surface area contributed by atoms with Gasteiger partial charge in [0.2, 0.25) is 5.91 Å². The second-order valence-corrected chi connectivity index (χ2v) is 4.67. The van der Waals surface area contributed by atoms with Crippen molar-refractivity contribution in [1.82, 2.24) is 10.9 Å². The zero-order chi connectivity index (χ0) is 15.2. The lowest BCUT2D eigenvalue weighted by atomic mass is 10.0. The quantitative estimate of drug-likeness (QED) is 0.742. The summed E-state index contributed by atoms with van der Waals surface area (Å²) in [6.45, 7) is 3.34. The summed E-state index contributed by atoms with van der Waals surface area (Å²) in [4.78, 5) is 22.5. The van der Waals surface area contributed by atoms with Crippen LogP contribution in [-0.4, -0.2) is 11.9 Å². The van der Waals surface area contributed by atoms with Crippen molar-refractivity contribution in [3.8, 4) is 11.1 Å². The molecule has 0 aliphatic rings. The van der Waals surface area contributed by atoms with Gasteiger partial charge in [-0.2, -0.15) is 0 Å². The number of carbonyl (C=O) groups is 2. The van der Waals surface area contributed by atoms with Crippen molar-refractivity contribution < 1.29 is 9.59 Å². The third kappa shape index (κ3) is 4.07. The Bertz CT molecular complexity index is 651. The first-order valence-electron chi connectivity index (χ1n) is 6.56. The Hall–Kier alpha value is -2.82. The number of urea groups is 1. The fourth-order valence-corrected chi connectivity index (χ4v) is 1.88. The highest BCUT2D eigenvalue weighted by molar-refractivity contribution is 5.95. The van der Waals surface area contributed by atoms with Crippen molar-refractivity contribution in [1.29, 1.82) is 0 Å². The smallest absolute Gasteiger partial charge is 0.306 e. The lowest BCUT2D eigenvalue weighted by molar-refractivity contribution is -0.119. The maximum Gasteiger partial charge on any atom is 0.337 e. The molecule has 5 heteroatoms. The Morgan fingerprint density at radius 1 is 0.905 bits per heavy atom. The van der Waals surface area contributed by atoms with Gasteiger partial charge in [-0.1, -0.05) is 48.0 Å². The van der Waals surface area contributed by atoms with Crippen LogP contribution < -0.4 is 16.2 Å². The number of nitrogens with one attached hydrogen (secondary N) is 3. The molecule has 5 nitrogen and oxygen atoms in total.